The average molecular weight is 460 g/mol. The zero-order valence-corrected chi connectivity index (χ0v) is 19.3. The largest absolute Gasteiger partial charge is 0.458 e. The highest BCUT2D eigenvalue weighted by Gasteiger charge is 2.45. The number of aryl methyl sites for hydroxylation is 2. The van der Waals surface area contributed by atoms with Crippen molar-refractivity contribution < 1.29 is 19.4 Å². The van der Waals surface area contributed by atoms with Gasteiger partial charge in [0.15, 0.2) is 5.60 Å². The highest BCUT2D eigenvalue weighted by molar-refractivity contribution is 5.94. The maximum absolute atomic E-state index is 13.5. The van der Waals surface area contributed by atoms with Crippen molar-refractivity contribution in [3.8, 4) is 11.4 Å². The SMILES string of the molecule is CCC1(O)C(=O)OCc2c1cc1n(c2=O)Cc2c-1nc1cc(C)c(C)c3c1c2C(NC=O)CC3. The predicted molar refractivity (Wildman–Crippen MR) is 124 cm³/mol. The molecule has 6 rings (SSSR count). The van der Waals surface area contributed by atoms with Gasteiger partial charge < -0.3 is 19.7 Å². The fourth-order valence-electron chi connectivity index (χ4n) is 5.98. The van der Waals surface area contributed by atoms with Gasteiger partial charge in [0.05, 0.1) is 35.1 Å². The van der Waals surface area contributed by atoms with Crippen LogP contribution in [-0.2, 0) is 39.5 Å². The van der Waals surface area contributed by atoms with Crippen LogP contribution in [0.4, 0.5) is 0 Å². The topological polar surface area (TPSA) is 111 Å². The Morgan fingerprint density at radius 3 is 2.79 bits per heavy atom. The number of aliphatic hydroxyl groups is 1. The third-order valence-corrected chi connectivity index (χ3v) is 7.97. The third-order valence-electron chi connectivity index (χ3n) is 7.97. The van der Waals surface area contributed by atoms with Gasteiger partial charge in [-0.2, -0.15) is 0 Å². The molecule has 8 nitrogen and oxygen atoms in total. The number of carbonyl (C=O) groups excluding carboxylic acids is 2. The lowest BCUT2D eigenvalue weighted by atomic mass is 9.81. The van der Waals surface area contributed by atoms with Gasteiger partial charge in [0.2, 0.25) is 6.41 Å². The highest BCUT2D eigenvalue weighted by Crippen LogP contribution is 2.45. The summed E-state index contributed by atoms with van der Waals surface area (Å²) in [6.45, 7) is 6.03. The molecule has 0 bridgehead atoms. The molecule has 34 heavy (non-hydrogen) atoms. The third kappa shape index (κ3) is 2.51. The predicted octanol–water partition coefficient (Wildman–Crippen LogP) is 2.43. The lowest BCUT2D eigenvalue weighted by Gasteiger charge is -2.31. The van der Waals surface area contributed by atoms with Crippen molar-refractivity contribution in [2.75, 3.05) is 0 Å². The number of nitrogens with zero attached hydrogens (tertiary/aromatic N) is 2. The zero-order chi connectivity index (χ0) is 23.9. The second kappa shape index (κ2) is 6.99. The summed E-state index contributed by atoms with van der Waals surface area (Å²) in [6.07, 6.45) is 2.43. The highest BCUT2D eigenvalue weighted by atomic mass is 16.6. The van der Waals surface area contributed by atoms with Crippen molar-refractivity contribution in [2.24, 2.45) is 0 Å². The molecule has 1 aliphatic carbocycles. The van der Waals surface area contributed by atoms with E-state index in [9.17, 15) is 19.5 Å². The van der Waals surface area contributed by atoms with E-state index in [1.165, 1.54) is 11.1 Å². The molecule has 8 heteroatoms. The number of fused-ring (bicyclic) bond motifs is 5. The Labute approximate surface area is 195 Å². The van der Waals surface area contributed by atoms with Crippen molar-refractivity contribution in [3.05, 3.63) is 61.4 Å². The molecule has 1 aromatic carbocycles. The van der Waals surface area contributed by atoms with E-state index in [2.05, 4.69) is 25.2 Å². The summed E-state index contributed by atoms with van der Waals surface area (Å²) in [6, 6.07) is 3.61. The molecule has 2 aromatic heterocycles. The van der Waals surface area contributed by atoms with Gasteiger partial charge in [0, 0.05) is 16.5 Å². The smallest absolute Gasteiger partial charge is 0.343 e. The van der Waals surface area contributed by atoms with Crippen molar-refractivity contribution >= 4 is 23.3 Å². The molecule has 0 fully saturated rings. The summed E-state index contributed by atoms with van der Waals surface area (Å²) < 4.78 is 6.82. The molecular formula is C26H25N3O5. The van der Waals surface area contributed by atoms with Crippen LogP contribution in [0.3, 0.4) is 0 Å². The quantitative estimate of drug-likeness (QED) is 0.360. The fraction of sp³-hybridized carbons (Fsp3) is 0.385. The summed E-state index contributed by atoms with van der Waals surface area (Å²) in [5.74, 6) is -0.738. The van der Waals surface area contributed by atoms with Gasteiger partial charge >= 0.3 is 5.97 Å². The van der Waals surface area contributed by atoms with Crippen LogP contribution >= 0.6 is 0 Å². The Bertz CT molecular complexity index is 1510. The first kappa shape index (κ1) is 21.0. The number of carbonyl (C=O) groups is 2. The number of aromatic nitrogens is 2. The first-order valence-corrected chi connectivity index (χ1v) is 11.6. The lowest BCUT2D eigenvalue weighted by Crippen LogP contribution is -2.44. The summed E-state index contributed by atoms with van der Waals surface area (Å²) in [5.41, 5.74) is 6.05. The van der Waals surface area contributed by atoms with Gasteiger partial charge in [-0.15, -0.1) is 0 Å². The number of benzene rings is 1. The number of amides is 1. The summed E-state index contributed by atoms with van der Waals surface area (Å²) in [7, 11) is 0. The van der Waals surface area contributed by atoms with E-state index in [1.807, 2.05) is 0 Å². The van der Waals surface area contributed by atoms with E-state index in [1.54, 1.807) is 17.6 Å². The van der Waals surface area contributed by atoms with Crippen LogP contribution in [0, 0.1) is 13.8 Å². The summed E-state index contributed by atoms with van der Waals surface area (Å²) >= 11 is 0. The molecule has 2 aliphatic heterocycles. The normalized spacial score (nSPS) is 22.1. The Balaban J connectivity index is 1.69. The molecule has 0 saturated heterocycles. The van der Waals surface area contributed by atoms with Crippen molar-refractivity contribution in [1.29, 1.82) is 0 Å². The molecule has 0 saturated carbocycles. The van der Waals surface area contributed by atoms with Gasteiger partial charge in [0.25, 0.3) is 5.56 Å². The second-order valence-electron chi connectivity index (χ2n) is 9.52. The summed E-state index contributed by atoms with van der Waals surface area (Å²) in [4.78, 5) is 42.4. The molecule has 3 aromatic rings. The first-order chi connectivity index (χ1) is 16.3. The van der Waals surface area contributed by atoms with Crippen LogP contribution in [0.5, 0.6) is 0 Å². The number of hydrogen-bond acceptors (Lipinski definition) is 6. The first-order valence-electron chi connectivity index (χ1n) is 11.6. The number of esters is 1. The maximum Gasteiger partial charge on any atom is 0.343 e. The van der Waals surface area contributed by atoms with E-state index < -0.39 is 11.6 Å². The van der Waals surface area contributed by atoms with Crippen molar-refractivity contribution in [2.45, 2.75) is 64.8 Å². The Hall–Kier alpha value is -3.52. The average Bonchev–Trinajstić information content (AvgIpc) is 3.19. The van der Waals surface area contributed by atoms with Crippen LogP contribution in [0.15, 0.2) is 16.9 Å². The molecule has 3 aliphatic rings. The van der Waals surface area contributed by atoms with Gasteiger partial charge in [-0.3, -0.25) is 9.59 Å². The zero-order valence-electron chi connectivity index (χ0n) is 19.3. The van der Waals surface area contributed by atoms with Crippen molar-refractivity contribution in [3.63, 3.8) is 0 Å². The van der Waals surface area contributed by atoms with E-state index in [-0.39, 0.29) is 24.6 Å². The van der Waals surface area contributed by atoms with Crippen LogP contribution in [-0.4, -0.2) is 27.0 Å². The fourth-order valence-corrected chi connectivity index (χ4v) is 5.98. The van der Waals surface area contributed by atoms with Crippen LogP contribution in [0.25, 0.3) is 22.3 Å². The molecular weight excluding hydrogens is 434 g/mol. The van der Waals surface area contributed by atoms with Gasteiger partial charge in [-0.1, -0.05) is 6.92 Å². The van der Waals surface area contributed by atoms with Gasteiger partial charge in [-0.25, -0.2) is 9.78 Å². The summed E-state index contributed by atoms with van der Waals surface area (Å²) in [5, 5.41) is 15.1. The van der Waals surface area contributed by atoms with E-state index in [4.69, 9.17) is 9.72 Å². The standard InChI is InChI=1S/C26H25N3O5/c1-4-26(33)17-8-20-23-15(9-29(20)24(31)16(17)10-34-25(26)32)22-18(27-11-30)6-5-14-13(3)12(2)7-19(28-23)21(14)22/h7-8,11,18,33H,4-6,9-10H2,1-3H3,(H,27,30). The minimum Gasteiger partial charge on any atom is -0.458 e. The Morgan fingerprint density at radius 2 is 2.06 bits per heavy atom. The monoisotopic (exact) mass is 459 g/mol. The molecule has 0 spiro atoms. The lowest BCUT2D eigenvalue weighted by molar-refractivity contribution is -0.172. The molecule has 0 radical (unpaired) electrons. The minimum absolute atomic E-state index is 0.0954. The Morgan fingerprint density at radius 1 is 1.26 bits per heavy atom. The van der Waals surface area contributed by atoms with E-state index in [0.29, 0.717) is 29.1 Å². The molecule has 2 atom stereocenters. The molecule has 1 amide bonds. The molecule has 2 unspecified atom stereocenters. The number of cyclic esters (lactones) is 1. The van der Waals surface area contributed by atoms with Crippen LogP contribution in [0.1, 0.15) is 64.8 Å². The minimum atomic E-state index is -1.86. The number of ether oxygens (including phenoxy) is 1. The second-order valence-corrected chi connectivity index (χ2v) is 9.52. The Kier molecular flexibility index (Phi) is 4.33. The number of nitrogens with one attached hydrogen (secondary N) is 1. The van der Waals surface area contributed by atoms with Crippen LogP contribution in [0.2, 0.25) is 0 Å². The molecule has 2 N–H and O–H groups in total. The molecule has 174 valence electrons. The number of hydrogen-bond donors (Lipinski definition) is 2. The van der Waals surface area contributed by atoms with E-state index in [0.717, 1.165) is 46.8 Å². The molecule has 4 heterocycles. The van der Waals surface area contributed by atoms with Gasteiger partial charge in [0.1, 0.15) is 6.61 Å². The maximum atomic E-state index is 13.5. The number of rotatable bonds is 3. The van der Waals surface area contributed by atoms with E-state index >= 15 is 0 Å². The van der Waals surface area contributed by atoms with Crippen LogP contribution < -0.4 is 10.9 Å². The van der Waals surface area contributed by atoms with Crippen molar-refractivity contribution in [1.82, 2.24) is 14.9 Å². The number of pyridine rings is 2. The van der Waals surface area contributed by atoms with Gasteiger partial charge in [-0.05, 0) is 67.5 Å².